The number of hydrogen-bond acceptors (Lipinski definition) is 5. The molecule has 0 bridgehead atoms. The first-order valence-corrected chi connectivity index (χ1v) is 7.31. The number of anilines is 2. The lowest BCUT2D eigenvalue weighted by atomic mass is 10.1. The van der Waals surface area contributed by atoms with Gasteiger partial charge in [0, 0.05) is 35.6 Å². The van der Waals surface area contributed by atoms with Crippen LogP contribution in [0.3, 0.4) is 0 Å². The Labute approximate surface area is 144 Å². The molecule has 8 heteroatoms. The van der Waals surface area contributed by atoms with Gasteiger partial charge < -0.3 is 10.1 Å². The zero-order valence-electron chi connectivity index (χ0n) is 14.0. The maximum atomic E-state index is 12.3. The molecular formula is C17H17N3O5. The molecule has 2 rings (SSSR count). The predicted octanol–water partition coefficient (Wildman–Crippen LogP) is 3.36. The third-order valence-corrected chi connectivity index (χ3v) is 3.62. The van der Waals surface area contributed by atoms with E-state index in [-0.39, 0.29) is 11.6 Å². The number of nitrogens with one attached hydrogen (secondary N) is 1. The number of ether oxygens (including phenoxy) is 1. The van der Waals surface area contributed by atoms with Crippen LogP contribution in [0, 0.1) is 17.0 Å². The third kappa shape index (κ3) is 4.11. The molecule has 0 saturated heterocycles. The highest BCUT2D eigenvalue weighted by Gasteiger charge is 2.14. The molecule has 2 aromatic carbocycles. The van der Waals surface area contributed by atoms with Crippen molar-refractivity contribution in [2.24, 2.45) is 0 Å². The van der Waals surface area contributed by atoms with Crippen LogP contribution in [-0.4, -0.2) is 31.1 Å². The van der Waals surface area contributed by atoms with Gasteiger partial charge in [-0.05, 0) is 43.3 Å². The lowest BCUT2D eigenvalue weighted by Gasteiger charge is -2.16. The summed E-state index contributed by atoms with van der Waals surface area (Å²) >= 11 is 0. The molecule has 0 heterocycles. The molecule has 0 fully saturated rings. The smallest absolute Gasteiger partial charge is 0.413 e. The van der Waals surface area contributed by atoms with Gasteiger partial charge in [-0.1, -0.05) is 0 Å². The largest absolute Gasteiger partial charge is 0.452 e. The second-order valence-corrected chi connectivity index (χ2v) is 5.29. The fourth-order valence-corrected chi connectivity index (χ4v) is 2.22. The van der Waals surface area contributed by atoms with E-state index in [2.05, 4.69) is 10.1 Å². The molecule has 130 valence electrons. The Kier molecular flexibility index (Phi) is 5.33. The van der Waals surface area contributed by atoms with Gasteiger partial charge in [-0.25, -0.2) is 4.79 Å². The Morgan fingerprint density at radius 2 is 1.80 bits per heavy atom. The standard InChI is InChI=1S/C17H17N3O5/c1-11-10-12(4-9-15(11)20(23)24)16(21)18-13-5-7-14(8-6-13)19(2)17(22)25-3/h4-10H,1-3H3,(H,18,21). The fraction of sp³-hybridized carbons (Fsp3) is 0.176. The highest BCUT2D eigenvalue weighted by atomic mass is 16.6. The molecule has 0 atom stereocenters. The molecule has 0 radical (unpaired) electrons. The van der Waals surface area contributed by atoms with E-state index in [1.807, 2.05) is 0 Å². The van der Waals surface area contributed by atoms with Crippen LogP contribution in [0.25, 0.3) is 0 Å². The minimum atomic E-state index is -0.502. The average Bonchev–Trinajstić information content (AvgIpc) is 2.60. The summed E-state index contributed by atoms with van der Waals surface area (Å²) in [6, 6.07) is 10.8. The second-order valence-electron chi connectivity index (χ2n) is 5.29. The molecule has 8 nitrogen and oxygen atoms in total. The summed E-state index contributed by atoms with van der Waals surface area (Å²) in [5.74, 6) is -0.382. The maximum Gasteiger partial charge on any atom is 0.413 e. The Bertz CT molecular complexity index is 818. The van der Waals surface area contributed by atoms with Crippen molar-refractivity contribution < 1.29 is 19.2 Å². The molecule has 1 N–H and O–H groups in total. The molecule has 0 spiro atoms. The molecule has 0 aliphatic carbocycles. The topological polar surface area (TPSA) is 102 Å². The maximum absolute atomic E-state index is 12.3. The van der Waals surface area contributed by atoms with Crippen molar-refractivity contribution in [1.29, 1.82) is 0 Å². The number of nitro benzene ring substituents is 1. The number of carbonyl (C=O) groups is 2. The van der Waals surface area contributed by atoms with Crippen LogP contribution in [0.5, 0.6) is 0 Å². The lowest BCUT2D eigenvalue weighted by Crippen LogP contribution is -2.25. The first-order chi connectivity index (χ1) is 11.8. The van der Waals surface area contributed by atoms with Crippen molar-refractivity contribution in [1.82, 2.24) is 0 Å². The Hall–Kier alpha value is -3.42. The number of methoxy groups -OCH3 is 1. The van der Waals surface area contributed by atoms with E-state index in [4.69, 9.17) is 0 Å². The van der Waals surface area contributed by atoms with Gasteiger partial charge in [0.25, 0.3) is 11.6 Å². The van der Waals surface area contributed by atoms with Gasteiger partial charge in [0.05, 0.1) is 12.0 Å². The van der Waals surface area contributed by atoms with E-state index < -0.39 is 11.0 Å². The summed E-state index contributed by atoms with van der Waals surface area (Å²) in [7, 11) is 2.86. The van der Waals surface area contributed by atoms with E-state index in [1.165, 1.54) is 30.2 Å². The van der Waals surface area contributed by atoms with Crippen LogP contribution in [-0.2, 0) is 4.74 Å². The van der Waals surface area contributed by atoms with Crippen LogP contribution in [0.1, 0.15) is 15.9 Å². The van der Waals surface area contributed by atoms with E-state index in [0.29, 0.717) is 22.5 Å². The van der Waals surface area contributed by atoms with Crippen LogP contribution >= 0.6 is 0 Å². The Morgan fingerprint density at radius 1 is 1.16 bits per heavy atom. The fourth-order valence-electron chi connectivity index (χ4n) is 2.22. The summed E-state index contributed by atoms with van der Waals surface area (Å²) in [5.41, 5.74) is 1.83. The lowest BCUT2D eigenvalue weighted by molar-refractivity contribution is -0.385. The van der Waals surface area contributed by atoms with Gasteiger partial charge in [-0.3, -0.25) is 19.8 Å². The Morgan fingerprint density at radius 3 is 2.32 bits per heavy atom. The minimum absolute atomic E-state index is 0.0354. The summed E-state index contributed by atoms with van der Waals surface area (Å²) in [4.78, 5) is 35.4. The van der Waals surface area contributed by atoms with Crippen LogP contribution < -0.4 is 10.2 Å². The zero-order chi connectivity index (χ0) is 18.6. The van der Waals surface area contributed by atoms with E-state index >= 15 is 0 Å². The number of benzene rings is 2. The molecule has 0 unspecified atom stereocenters. The molecule has 2 aromatic rings. The van der Waals surface area contributed by atoms with Crippen LogP contribution in [0.4, 0.5) is 21.9 Å². The van der Waals surface area contributed by atoms with Gasteiger partial charge in [-0.15, -0.1) is 0 Å². The van der Waals surface area contributed by atoms with Gasteiger partial charge in [-0.2, -0.15) is 0 Å². The van der Waals surface area contributed by atoms with Crippen molar-refractivity contribution in [3.63, 3.8) is 0 Å². The number of rotatable bonds is 4. The Balaban J connectivity index is 2.12. The first-order valence-electron chi connectivity index (χ1n) is 7.31. The summed E-state index contributed by atoms with van der Waals surface area (Å²) in [5, 5.41) is 13.5. The molecule has 0 aliphatic rings. The predicted molar refractivity (Wildman–Crippen MR) is 93.0 cm³/mol. The number of nitrogens with zero attached hydrogens (tertiary/aromatic N) is 2. The van der Waals surface area contributed by atoms with Crippen molar-refractivity contribution >= 4 is 29.1 Å². The van der Waals surface area contributed by atoms with Crippen LogP contribution in [0.15, 0.2) is 42.5 Å². The van der Waals surface area contributed by atoms with Gasteiger partial charge >= 0.3 is 6.09 Å². The van der Waals surface area contributed by atoms with E-state index in [9.17, 15) is 19.7 Å². The van der Waals surface area contributed by atoms with Crippen molar-refractivity contribution in [3.8, 4) is 0 Å². The number of amides is 2. The zero-order valence-corrected chi connectivity index (χ0v) is 14.0. The number of hydrogen-bond donors (Lipinski definition) is 1. The molecular weight excluding hydrogens is 326 g/mol. The summed E-state index contributed by atoms with van der Waals surface area (Å²) < 4.78 is 4.63. The summed E-state index contributed by atoms with van der Waals surface area (Å²) in [6.07, 6.45) is -0.502. The molecule has 0 aliphatic heterocycles. The highest BCUT2D eigenvalue weighted by Crippen LogP contribution is 2.21. The quantitative estimate of drug-likeness (QED) is 0.677. The molecule has 2 amide bonds. The number of aryl methyl sites for hydroxylation is 1. The van der Waals surface area contributed by atoms with Crippen molar-refractivity contribution in [2.75, 3.05) is 24.4 Å². The van der Waals surface area contributed by atoms with Gasteiger partial charge in [0.15, 0.2) is 0 Å². The first kappa shape index (κ1) is 17.9. The van der Waals surface area contributed by atoms with Gasteiger partial charge in [0.1, 0.15) is 0 Å². The average molecular weight is 343 g/mol. The highest BCUT2D eigenvalue weighted by molar-refractivity contribution is 6.04. The minimum Gasteiger partial charge on any atom is -0.452 e. The van der Waals surface area contributed by atoms with Gasteiger partial charge in [0.2, 0.25) is 0 Å². The normalized spacial score (nSPS) is 10.0. The van der Waals surface area contributed by atoms with Crippen LogP contribution in [0.2, 0.25) is 0 Å². The molecule has 0 aromatic heterocycles. The van der Waals surface area contributed by atoms with E-state index in [0.717, 1.165) is 0 Å². The number of carbonyl (C=O) groups excluding carboxylic acids is 2. The van der Waals surface area contributed by atoms with Crippen molar-refractivity contribution in [3.05, 3.63) is 63.7 Å². The number of nitro groups is 1. The second kappa shape index (κ2) is 7.43. The van der Waals surface area contributed by atoms with E-state index in [1.54, 1.807) is 38.2 Å². The SMILES string of the molecule is COC(=O)N(C)c1ccc(NC(=O)c2ccc([N+](=O)[O-])c(C)c2)cc1. The molecule has 25 heavy (non-hydrogen) atoms. The summed E-state index contributed by atoms with van der Waals surface area (Å²) in [6.45, 7) is 1.58. The third-order valence-electron chi connectivity index (χ3n) is 3.62. The van der Waals surface area contributed by atoms with Crippen molar-refractivity contribution in [2.45, 2.75) is 6.92 Å². The monoisotopic (exact) mass is 343 g/mol. The molecule has 0 saturated carbocycles.